The van der Waals surface area contributed by atoms with E-state index in [-0.39, 0.29) is 0 Å². The molecule has 5 heteroatoms. The van der Waals surface area contributed by atoms with Gasteiger partial charge in [0, 0.05) is 11.5 Å². The molecule has 0 unspecified atom stereocenters. The highest BCUT2D eigenvalue weighted by Gasteiger charge is 2.14. The number of aryl methyl sites for hydroxylation is 2. The third-order valence-electron chi connectivity index (χ3n) is 4.46. The van der Waals surface area contributed by atoms with Crippen LogP contribution in [-0.4, -0.2) is 14.8 Å². The zero-order chi connectivity index (χ0) is 18.8. The van der Waals surface area contributed by atoms with Crippen LogP contribution in [0.1, 0.15) is 22.4 Å². The minimum absolute atomic E-state index is 0.391. The minimum Gasteiger partial charge on any atom is -0.473 e. The lowest BCUT2D eigenvalue weighted by molar-refractivity contribution is 0.294. The number of benzene rings is 2. The summed E-state index contributed by atoms with van der Waals surface area (Å²) in [7, 11) is 0. The van der Waals surface area contributed by atoms with Gasteiger partial charge < -0.3 is 4.74 Å². The van der Waals surface area contributed by atoms with Gasteiger partial charge in [-0.25, -0.2) is 4.68 Å². The summed E-state index contributed by atoms with van der Waals surface area (Å²) in [6, 6.07) is 21.4. The second-order valence-corrected chi connectivity index (χ2v) is 6.41. The van der Waals surface area contributed by atoms with Crippen molar-refractivity contribution >= 4 is 11.0 Å². The third-order valence-corrected chi connectivity index (χ3v) is 4.46. The Morgan fingerprint density at radius 2 is 1.78 bits per heavy atom. The number of hydrogen-bond donors (Lipinski definition) is 0. The number of rotatable bonds is 4. The molecule has 4 aromatic rings. The van der Waals surface area contributed by atoms with Crippen LogP contribution in [0.4, 0.5) is 0 Å². The monoisotopic (exact) mass is 354 g/mol. The molecular weight excluding hydrogens is 336 g/mol. The van der Waals surface area contributed by atoms with Gasteiger partial charge >= 0.3 is 0 Å². The fraction of sp³-hybridized carbons (Fsp3) is 0.136. The first-order chi connectivity index (χ1) is 13.2. The van der Waals surface area contributed by atoms with Crippen molar-refractivity contribution in [3.63, 3.8) is 0 Å². The summed E-state index contributed by atoms with van der Waals surface area (Å²) in [5.41, 5.74) is 5.39. The number of nitrogens with zero attached hydrogens (tertiary/aromatic N) is 4. The van der Waals surface area contributed by atoms with E-state index in [4.69, 9.17) is 15.0 Å². The Bertz CT molecular complexity index is 1140. The Morgan fingerprint density at radius 3 is 2.48 bits per heavy atom. The van der Waals surface area contributed by atoms with E-state index in [1.165, 1.54) is 0 Å². The highest BCUT2D eigenvalue weighted by Crippen LogP contribution is 2.27. The van der Waals surface area contributed by atoms with Gasteiger partial charge in [-0.15, -0.1) is 0 Å². The van der Waals surface area contributed by atoms with E-state index in [0.29, 0.717) is 18.1 Å². The fourth-order valence-electron chi connectivity index (χ4n) is 3.13. The van der Waals surface area contributed by atoms with Gasteiger partial charge in [-0.3, -0.25) is 0 Å². The Hall–Kier alpha value is -3.65. The van der Waals surface area contributed by atoms with Crippen LogP contribution < -0.4 is 4.74 Å². The highest BCUT2D eigenvalue weighted by atomic mass is 16.5. The highest BCUT2D eigenvalue weighted by molar-refractivity contribution is 5.83. The minimum atomic E-state index is 0.391. The lowest BCUT2D eigenvalue weighted by Gasteiger charge is -2.08. The molecule has 0 aliphatic rings. The van der Waals surface area contributed by atoms with Crippen LogP contribution in [0.15, 0.2) is 60.7 Å². The molecule has 27 heavy (non-hydrogen) atoms. The molecule has 0 radical (unpaired) electrons. The molecular formula is C22H18N4O. The molecule has 0 saturated carbocycles. The molecule has 132 valence electrons. The van der Waals surface area contributed by atoms with Crippen LogP contribution in [0.2, 0.25) is 0 Å². The zero-order valence-electron chi connectivity index (χ0n) is 15.2. The maximum atomic E-state index is 8.89. The molecule has 0 aliphatic heterocycles. The molecule has 5 nitrogen and oxygen atoms in total. The Kier molecular flexibility index (Phi) is 4.31. The molecule has 0 atom stereocenters. The molecule has 0 N–H and O–H groups in total. The predicted octanol–water partition coefficient (Wildman–Crippen LogP) is 4.49. The molecule has 0 fully saturated rings. The van der Waals surface area contributed by atoms with E-state index < -0.39 is 0 Å². The van der Waals surface area contributed by atoms with Gasteiger partial charge in [0.25, 0.3) is 0 Å². The first-order valence-corrected chi connectivity index (χ1v) is 8.70. The van der Waals surface area contributed by atoms with Crippen molar-refractivity contribution in [3.05, 3.63) is 83.0 Å². The summed E-state index contributed by atoms with van der Waals surface area (Å²) in [5, 5.41) is 14.6. The number of hydrogen-bond acceptors (Lipinski definition) is 4. The van der Waals surface area contributed by atoms with Gasteiger partial charge in [-0.2, -0.15) is 15.3 Å². The topological polar surface area (TPSA) is 63.7 Å². The van der Waals surface area contributed by atoms with Gasteiger partial charge in [0.05, 0.1) is 23.0 Å². The number of fused-ring (bicyclic) bond motifs is 1. The van der Waals surface area contributed by atoms with Crippen LogP contribution in [-0.2, 0) is 6.61 Å². The summed E-state index contributed by atoms with van der Waals surface area (Å²) in [6.45, 7) is 4.43. The van der Waals surface area contributed by atoms with E-state index >= 15 is 0 Å². The maximum Gasteiger partial charge on any atom is 0.215 e. The summed E-state index contributed by atoms with van der Waals surface area (Å²) < 4.78 is 7.77. The molecule has 2 aromatic heterocycles. The molecule has 0 amide bonds. The molecule has 0 spiro atoms. The van der Waals surface area contributed by atoms with Crippen LogP contribution in [0.25, 0.3) is 16.7 Å². The Morgan fingerprint density at radius 1 is 1.04 bits per heavy atom. The van der Waals surface area contributed by atoms with Crippen LogP contribution in [0, 0.1) is 25.2 Å². The van der Waals surface area contributed by atoms with E-state index in [0.717, 1.165) is 33.5 Å². The van der Waals surface area contributed by atoms with Crippen molar-refractivity contribution in [3.8, 4) is 17.6 Å². The summed E-state index contributed by atoms with van der Waals surface area (Å²) in [5.74, 6) is 0.557. The number of aromatic nitrogens is 3. The average Bonchev–Trinajstić information content (AvgIpc) is 3.04. The van der Waals surface area contributed by atoms with Crippen LogP contribution in [0.5, 0.6) is 5.88 Å². The molecule has 0 bridgehead atoms. The molecule has 4 rings (SSSR count). The summed E-state index contributed by atoms with van der Waals surface area (Å²) >= 11 is 0. The quantitative estimate of drug-likeness (QED) is 0.542. The number of ether oxygens (including phenoxy) is 1. The van der Waals surface area contributed by atoms with Crippen LogP contribution in [0.3, 0.4) is 0 Å². The second-order valence-electron chi connectivity index (χ2n) is 6.41. The first-order valence-electron chi connectivity index (χ1n) is 8.70. The van der Waals surface area contributed by atoms with E-state index in [1.54, 1.807) is 12.1 Å². The second kappa shape index (κ2) is 6.93. The largest absolute Gasteiger partial charge is 0.473 e. The number of pyridine rings is 1. The molecule has 0 saturated heterocycles. The summed E-state index contributed by atoms with van der Waals surface area (Å²) in [4.78, 5) is 4.71. The number of para-hydroxylation sites is 1. The summed E-state index contributed by atoms with van der Waals surface area (Å²) in [6.07, 6.45) is 0. The van der Waals surface area contributed by atoms with E-state index in [9.17, 15) is 0 Å². The lowest BCUT2D eigenvalue weighted by atomic mass is 10.1. The van der Waals surface area contributed by atoms with Crippen molar-refractivity contribution in [2.45, 2.75) is 20.5 Å². The molecule has 0 aliphatic carbocycles. The smallest absolute Gasteiger partial charge is 0.215 e. The lowest BCUT2D eigenvalue weighted by Crippen LogP contribution is -2.01. The standard InChI is InChI=1S/C22H18N4O/c1-15-12-20(27-14-18-10-8-17(13-23)9-11-18)24-22-21(15)16(2)25-26(22)19-6-4-3-5-7-19/h3-12H,14H2,1-2H3. The normalized spacial score (nSPS) is 10.7. The maximum absolute atomic E-state index is 8.89. The predicted molar refractivity (Wildman–Crippen MR) is 104 cm³/mol. The van der Waals surface area contributed by atoms with Crippen molar-refractivity contribution in [1.29, 1.82) is 5.26 Å². The Balaban J connectivity index is 1.69. The SMILES string of the molecule is Cc1cc(OCc2ccc(C#N)cc2)nc2c1c(C)nn2-c1ccccc1. The first kappa shape index (κ1) is 16.8. The van der Waals surface area contributed by atoms with Crippen molar-refractivity contribution in [2.24, 2.45) is 0 Å². The Labute approximate surface area is 157 Å². The van der Waals surface area contributed by atoms with Gasteiger partial charge in [0.15, 0.2) is 5.65 Å². The van der Waals surface area contributed by atoms with Crippen molar-refractivity contribution < 1.29 is 4.74 Å². The van der Waals surface area contributed by atoms with Crippen molar-refractivity contribution in [2.75, 3.05) is 0 Å². The van der Waals surface area contributed by atoms with Gasteiger partial charge in [-0.05, 0) is 49.2 Å². The van der Waals surface area contributed by atoms with E-state index in [2.05, 4.69) is 11.2 Å². The average molecular weight is 354 g/mol. The third kappa shape index (κ3) is 3.25. The van der Waals surface area contributed by atoms with Gasteiger partial charge in [0.1, 0.15) is 6.61 Å². The molecule has 2 aromatic carbocycles. The number of nitriles is 1. The van der Waals surface area contributed by atoms with Crippen molar-refractivity contribution in [1.82, 2.24) is 14.8 Å². The van der Waals surface area contributed by atoms with Gasteiger partial charge in [-0.1, -0.05) is 30.3 Å². The molecule has 2 heterocycles. The fourth-order valence-corrected chi connectivity index (χ4v) is 3.13. The van der Waals surface area contributed by atoms with Crippen LogP contribution >= 0.6 is 0 Å². The van der Waals surface area contributed by atoms with E-state index in [1.807, 2.05) is 67.1 Å². The zero-order valence-corrected chi connectivity index (χ0v) is 15.2. The van der Waals surface area contributed by atoms with Gasteiger partial charge in [0.2, 0.25) is 5.88 Å².